The molecule has 1 aliphatic carbocycles. The number of amides is 2. The van der Waals surface area contributed by atoms with Gasteiger partial charge in [0.1, 0.15) is 11.6 Å². The van der Waals surface area contributed by atoms with E-state index >= 15 is 0 Å². The Kier molecular flexibility index (Phi) is 6.48. The molecule has 4 aromatic rings. The van der Waals surface area contributed by atoms with Crippen LogP contribution in [0.2, 0.25) is 0 Å². The van der Waals surface area contributed by atoms with Crippen molar-refractivity contribution in [2.45, 2.75) is 38.1 Å². The summed E-state index contributed by atoms with van der Waals surface area (Å²) in [6, 6.07) is 13.5. The number of anilines is 1. The van der Waals surface area contributed by atoms with E-state index in [1.807, 2.05) is 6.07 Å². The van der Waals surface area contributed by atoms with Crippen LogP contribution in [0.4, 0.5) is 14.9 Å². The third-order valence-corrected chi connectivity index (χ3v) is 6.25. The predicted octanol–water partition coefficient (Wildman–Crippen LogP) is 5.05. The number of benzene rings is 2. The van der Waals surface area contributed by atoms with Crippen LogP contribution in [0.25, 0.3) is 11.3 Å². The minimum absolute atomic E-state index is 0.0464. The number of nitrogens with one attached hydrogen (secondary N) is 2. The molecule has 2 heterocycles. The number of aromatic nitrogens is 3. The van der Waals surface area contributed by atoms with Gasteiger partial charge < -0.3 is 20.3 Å². The van der Waals surface area contributed by atoms with Crippen molar-refractivity contribution in [1.82, 2.24) is 20.3 Å². The third-order valence-electron chi connectivity index (χ3n) is 6.25. The van der Waals surface area contributed by atoms with Gasteiger partial charge in [0.25, 0.3) is 5.91 Å². The van der Waals surface area contributed by atoms with E-state index in [4.69, 9.17) is 4.52 Å². The van der Waals surface area contributed by atoms with E-state index in [0.717, 1.165) is 36.9 Å². The average molecular weight is 490 g/mol. The molecule has 0 atom stereocenters. The number of carbonyl (C=O) groups excluding carboxylic acids is 2. The van der Waals surface area contributed by atoms with Gasteiger partial charge in [0, 0.05) is 35.8 Å². The van der Waals surface area contributed by atoms with Crippen LogP contribution in [0.1, 0.15) is 53.4 Å². The maximum atomic E-state index is 13.2. The van der Waals surface area contributed by atoms with Gasteiger partial charge in [0.2, 0.25) is 5.76 Å². The second-order valence-corrected chi connectivity index (χ2v) is 8.70. The highest BCUT2D eigenvalue weighted by molar-refractivity contribution is 6.02. The van der Waals surface area contributed by atoms with Crippen LogP contribution in [0.5, 0.6) is 5.75 Å². The molecule has 2 aromatic heterocycles. The minimum atomic E-state index is -0.495. The first-order valence-electron chi connectivity index (χ1n) is 11.7. The normalized spacial score (nSPS) is 13.6. The predicted molar refractivity (Wildman–Crippen MR) is 129 cm³/mol. The highest BCUT2D eigenvalue weighted by atomic mass is 19.1. The van der Waals surface area contributed by atoms with Gasteiger partial charge in [-0.1, -0.05) is 30.1 Å². The van der Waals surface area contributed by atoms with Crippen molar-refractivity contribution in [1.29, 1.82) is 0 Å². The fourth-order valence-corrected chi connectivity index (χ4v) is 4.41. The molecule has 1 fully saturated rings. The summed E-state index contributed by atoms with van der Waals surface area (Å²) in [6.07, 6.45) is 5.42. The number of nitrogens with zero attached hydrogens (tertiary/aromatic N) is 3. The van der Waals surface area contributed by atoms with Crippen LogP contribution < -0.4 is 10.6 Å². The van der Waals surface area contributed by atoms with Gasteiger partial charge in [-0.25, -0.2) is 9.18 Å². The number of phenols is 1. The lowest BCUT2D eigenvalue weighted by Crippen LogP contribution is -2.30. The zero-order valence-electron chi connectivity index (χ0n) is 19.3. The highest BCUT2D eigenvalue weighted by Crippen LogP contribution is 2.38. The monoisotopic (exact) mass is 489 g/mol. The SMILES string of the molecule is O=C(Nc1ccc(-c2cc(C3CCCC3)n(C(=O)NCc3ccc(F)cc3)n2)c(O)c1)c1ccno1. The maximum Gasteiger partial charge on any atom is 0.342 e. The van der Waals surface area contributed by atoms with Crippen LogP contribution >= 0.6 is 0 Å². The van der Waals surface area contributed by atoms with E-state index in [0.29, 0.717) is 16.9 Å². The Balaban J connectivity index is 1.38. The molecule has 5 rings (SSSR count). The summed E-state index contributed by atoms with van der Waals surface area (Å²) in [5.74, 6) is -0.700. The highest BCUT2D eigenvalue weighted by Gasteiger charge is 2.26. The van der Waals surface area contributed by atoms with Crippen LogP contribution in [0.3, 0.4) is 0 Å². The van der Waals surface area contributed by atoms with Crippen molar-refractivity contribution in [3.05, 3.63) is 83.6 Å². The average Bonchev–Trinajstić information content (AvgIpc) is 3.65. The van der Waals surface area contributed by atoms with Crippen molar-refractivity contribution in [2.24, 2.45) is 0 Å². The first-order chi connectivity index (χ1) is 17.5. The molecular formula is C26H24FN5O4. The zero-order chi connectivity index (χ0) is 25.1. The van der Waals surface area contributed by atoms with E-state index in [1.165, 1.54) is 35.1 Å². The van der Waals surface area contributed by atoms with Gasteiger partial charge >= 0.3 is 6.03 Å². The molecular weight excluding hydrogens is 465 g/mol. The van der Waals surface area contributed by atoms with E-state index in [2.05, 4.69) is 20.9 Å². The lowest BCUT2D eigenvalue weighted by atomic mass is 10.0. The topological polar surface area (TPSA) is 122 Å². The molecule has 184 valence electrons. The van der Waals surface area contributed by atoms with Crippen molar-refractivity contribution in [3.8, 4) is 17.0 Å². The van der Waals surface area contributed by atoms with Crippen molar-refractivity contribution >= 4 is 17.6 Å². The van der Waals surface area contributed by atoms with Gasteiger partial charge in [0.05, 0.1) is 17.6 Å². The summed E-state index contributed by atoms with van der Waals surface area (Å²) < 4.78 is 19.4. The van der Waals surface area contributed by atoms with Gasteiger partial charge in [-0.05, 0) is 48.7 Å². The zero-order valence-corrected chi connectivity index (χ0v) is 19.3. The molecule has 10 heteroatoms. The van der Waals surface area contributed by atoms with E-state index in [-0.39, 0.29) is 29.8 Å². The lowest BCUT2D eigenvalue weighted by Gasteiger charge is -2.12. The number of rotatable bonds is 6. The molecule has 9 nitrogen and oxygen atoms in total. The Morgan fingerprint density at radius 3 is 2.56 bits per heavy atom. The fraction of sp³-hybridized carbons (Fsp3) is 0.231. The third kappa shape index (κ3) is 4.97. The van der Waals surface area contributed by atoms with Gasteiger partial charge in [0.15, 0.2) is 0 Å². The Hall–Kier alpha value is -4.47. The summed E-state index contributed by atoms with van der Waals surface area (Å²) in [5.41, 5.74) is 2.78. The number of aromatic hydroxyl groups is 1. The standard InChI is InChI=1S/C26H24FN5O4/c27-18-7-5-16(6-8-18)15-28-26(35)32-22(17-3-1-2-4-17)14-21(31-32)20-10-9-19(13-23(20)33)30-25(34)24-11-12-29-36-24/h5-14,17,33H,1-4,15H2,(H,28,35)(H,30,34). The maximum absolute atomic E-state index is 13.2. The second-order valence-electron chi connectivity index (χ2n) is 8.70. The molecule has 0 spiro atoms. The van der Waals surface area contributed by atoms with Crippen LogP contribution in [-0.4, -0.2) is 32.0 Å². The van der Waals surface area contributed by atoms with Gasteiger partial charge in [-0.3, -0.25) is 4.79 Å². The van der Waals surface area contributed by atoms with E-state index in [9.17, 15) is 19.1 Å². The molecule has 0 bridgehead atoms. The van der Waals surface area contributed by atoms with Crippen molar-refractivity contribution in [3.63, 3.8) is 0 Å². The van der Waals surface area contributed by atoms with Crippen LogP contribution in [0, 0.1) is 5.82 Å². The van der Waals surface area contributed by atoms with E-state index in [1.54, 1.807) is 24.3 Å². The number of hydrogen-bond donors (Lipinski definition) is 3. The van der Waals surface area contributed by atoms with Crippen molar-refractivity contribution < 1.29 is 23.6 Å². The number of carbonyl (C=O) groups is 2. The molecule has 2 aromatic carbocycles. The second kappa shape index (κ2) is 10.0. The van der Waals surface area contributed by atoms with Gasteiger partial charge in [-0.15, -0.1) is 0 Å². The minimum Gasteiger partial charge on any atom is -0.507 e. The first-order valence-corrected chi connectivity index (χ1v) is 11.7. The Morgan fingerprint density at radius 2 is 1.86 bits per heavy atom. The largest absolute Gasteiger partial charge is 0.507 e. The Labute approximate surface area is 205 Å². The summed E-state index contributed by atoms with van der Waals surface area (Å²) in [7, 11) is 0. The van der Waals surface area contributed by atoms with Crippen LogP contribution in [0.15, 0.2) is 65.3 Å². The molecule has 0 radical (unpaired) electrons. The Bertz CT molecular complexity index is 1380. The molecule has 0 unspecified atom stereocenters. The molecule has 3 N–H and O–H groups in total. The molecule has 2 amide bonds. The molecule has 0 aliphatic heterocycles. The fourth-order valence-electron chi connectivity index (χ4n) is 4.41. The smallest absolute Gasteiger partial charge is 0.342 e. The van der Waals surface area contributed by atoms with Crippen molar-refractivity contribution in [2.75, 3.05) is 5.32 Å². The van der Waals surface area contributed by atoms with Crippen LogP contribution in [-0.2, 0) is 6.54 Å². The molecule has 36 heavy (non-hydrogen) atoms. The Morgan fingerprint density at radius 1 is 1.08 bits per heavy atom. The molecule has 1 saturated carbocycles. The van der Waals surface area contributed by atoms with Gasteiger partial charge in [-0.2, -0.15) is 9.78 Å². The first kappa shape index (κ1) is 23.3. The lowest BCUT2D eigenvalue weighted by molar-refractivity contribution is 0.0988. The number of halogens is 1. The number of hydrogen-bond acceptors (Lipinski definition) is 6. The number of phenolic OH excluding ortho intramolecular Hbond substituents is 1. The summed E-state index contributed by atoms with van der Waals surface area (Å²) in [5, 5.41) is 24.2. The summed E-state index contributed by atoms with van der Waals surface area (Å²) >= 11 is 0. The summed E-state index contributed by atoms with van der Waals surface area (Å²) in [4.78, 5) is 25.3. The molecule has 1 aliphatic rings. The summed E-state index contributed by atoms with van der Waals surface area (Å²) in [6.45, 7) is 0.225. The van der Waals surface area contributed by atoms with E-state index < -0.39 is 11.9 Å². The molecule has 0 saturated heterocycles. The quantitative estimate of drug-likeness (QED) is 0.348.